The van der Waals surface area contributed by atoms with Gasteiger partial charge in [-0.2, -0.15) is 4.98 Å². The van der Waals surface area contributed by atoms with Gasteiger partial charge in [-0.3, -0.25) is 0 Å². The number of hydrogen-bond donors (Lipinski definition) is 1. The van der Waals surface area contributed by atoms with Crippen LogP contribution < -0.4 is 5.32 Å². The third-order valence-electron chi connectivity index (χ3n) is 3.62. The van der Waals surface area contributed by atoms with Crippen LogP contribution in [0.15, 0.2) is 4.52 Å². The summed E-state index contributed by atoms with van der Waals surface area (Å²) in [6.07, 6.45) is 1.41. The van der Waals surface area contributed by atoms with Crippen molar-refractivity contribution in [1.29, 1.82) is 0 Å². The maximum absolute atomic E-state index is 5.69. The maximum Gasteiger partial charge on any atom is 0.223 e. The number of ether oxygens (including phenoxy) is 1. The molecule has 0 aromatic carbocycles. The molecule has 1 aromatic rings. The average Bonchev–Trinajstić information content (AvgIpc) is 2.68. The summed E-state index contributed by atoms with van der Waals surface area (Å²) < 4.78 is 10.6. The van der Waals surface area contributed by atoms with Crippen molar-refractivity contribution in [2.45, 2.75) is 52.8 Å². The Hall–Kier alpha value is -0.940. The minimum Gasteiger partial charge on any atom is -0.378 e. The Bertz CT molecular complexity index is 376. The fourth-order valence-electron chi connectivity index (χ4n) is 2.34. The lowest BCUT2D eigenvalue weighted by atomic mass is 9.64. The zero-order valence-corrected chi connectivity index (χ0v) is 11.0. The van der Waals surface area contributed by atoms with Crippen LogP contribution in [0.3, 0.4) is 0 Å². The van der Waals surface area contributed by atoms with Crippen molar-refractivity contribution in [3.05, 3.63) is 11.7 Å². The molecule has 96 valence electrons. The zero-order valence-electron chi connectivity index (χ0n) is 11.0. The van der Waals surface area contributed by atoms with Crippen LogP contribution in [0, 0.1) is 12.3 Å². The number of nitrogens with zero attached hydrogens (tertiary/aromatic N) is 2. The Morgan fingerprint density at radius 1 is 1.53 bits per heavy atom. The van der Waals surface area contributed by atoms with Gasteiger partial charge in [-0.1, -0.05) is 19.0 Å². The molecule has 2 rings (SSSR count). The van der Waals surface area contributed by atoms with Crippen LogP contribution in [-0.2, 0) is 11.3 Å². The molecule has 5 nitrogen and oxygen atoms in total. The van der Waals surface area contributed by atoms with Gasteiger partial charge in [-0.15, -0.1) is 0 Å². The SMILES string of the molecule is CCOC1CC(NCc2noc(C)n2)C1(C)C. The van der Waals surface area contributed by atoms with E-state index in [4.69, 9.17) is 9.26 Å². The van der Waals surface area contributed by atoms with Gasteiger partial charge in [-0.05, 0) is 13.3 Å². The summed E-state index contributed by atoms with van der Waals surface area (Å²) in [5.41, 5.74) is 0.175. The van der Waals surface area contributed by atoms with E-state index in [1.54, 1.807) is 6.92 Å². The summed E-state index contributed by atoms with van der Waals surface area (Å²) in [5, 5.41) is 7.33. The summed E-state index contributed by atoms with van der Waals surface area (Å²) in [4.78, 5) is 4.17. The molecule has 17 heavy (non-hydrogen) atoms. The minimum absolute atomic E-state index is 0.175. The van der Waals surface area contributed by atoms with Crippen LogP contribution in [0.4, 0.5) is 0 Å². The quantitative estimate of drug-likeness (QED) is 0.847. The molecule has 0 radical (unpaired) electrons. The third kappa shape index (κ3) is 2.50. The maximum atomic E-state index is 5.69. The molecule has 0 bridgehead atoms. The van der Waals surface area contributed by atoms with Crippen molar-refractivity contribution in [2.24, 2.45) is 5.41 Å². The highest BCUT2D eigenvalue weighted by atomic mass is 16.5. The van der Waals surface area contributed by atoms with Gasteiger partial charge in [0.05, 0.1) is 12.6 Å². The van der Waals surface area contributed by atoms with Crippen molar-refractivity contribution in [2.75, 3.05) is 6.61 Å². The highest BCUT2D eigenvalue weighted by Gasteiger charge is 2.48. The Morgan fingerprint density at radius 2 is 2.29 bits per heavy atom. The summed E-state index contributed by atoms with van der Waals surface area (Å²) in [6, 6.07) is 0.456. The number of rotatable bonds is 5. The van der Waals surface area contributed by atoms with Crippen LogP contribution in [0.25, 0.3) is 0 Å². The van der Waals surface area contributed by atoms with Crippen molar-refractivity contribution in [3.8, 4) is 0 Å². The van der Waals surface area contributed by atoms with E-state index in [2.05, 4.69) is 29.3 Å². The van der Waals surface area contributed by atoms with Gasteiger partial charge in [0, 0.05) is 25.0 Å². The normalized spacial score (nSPS) is 26.8. The molecule has 0 spiro atoms. The van der Waals surface area contributed by atoms with Crippen molar-refractivity contribution in [1.82, 2.24) is 15.5 Å². The average molecular weight is 239 g/mol. The molecule has 0 amide bonds. The third-order valence-corrected chi connectivity index (χ3v) is 3.62. The molecule has 0 saturated heterocycles. The second-order valence-corrected chi connectivity index (χ2v) is 5.16. The van der Waals surface area contributed by atoms with Gasteiger partial charge in [0.25, 0.3) is 0 Å². The Kier molecular flexibility index (Phi) is 3.49. The van der Waals surface area contributed by atoms with Gasteiger partial charge < -0.3 is 14.6 Å². The molecule has 1 heterocycles. The fraction of sp³-hybridized carbons (Fsp3) is 0.833. The minimum atomic E-state index is 0.175. The van der Waals surface area contributed by atoms with Crippen LogP contribution in [-0.4, -0.2) is 28.9 Å². The van der Waals surface area contributed by atoms with E-state index in [-0.39, 0.29) is 5.41 Å². The first-order chi connectivity index (χ1) is 8.04. The van der Waals surface area contributed by atoms with Crippen LogP contribution >= 0.6 is 0 Å². The van der Waals surface area contributed by atoms with Crippen LogP contribution in [0.5, 0.6) is 0 Å². The lowest BCUT2D eigenvalue weighted by Crippen LogP contribution is -2.60. The fourth-order valence-corrected chi connectivity index (χ4v) is 2.34. The Morgan fingerprint density at radius 3 is 2.82 bits per heavy atom. The molecule has 2 atom stereocenters. The lowest BCUT2D eigenvalue weighted by molar-refractivity contribution is -0.114. The Balaban J connectivity index is 1.82. The molecule has 1 saturated carbocycles. The second-order valence-electron chi connectivity index (χ2n) is 5.16. The molecule has 1 aliphatic carbocycles. The molecule has 1 aliphatic rings. The van der Waals surface area contributed by atoms with Gasteiger partial charge in [-0.25, -0.2) is 0 Å². The molecule has 1 aromatic heterocycles. The number of hydrogen-bond acceptors (Lipinski definition) is 5. The largest absolute Gasteiger partial charge is 0.378 e. The first kappa shape index (κ1) is 12.5. The first-order valence-corrected chi connectivity index (χ1v) is 6.18. The van der Waals surface area contributed by atoms with E-state index in [0.717, 1.165) is 18.9 Å². The zero-order chi connectivity index (χ0) is 12.5. The number of aryl methyl sites for hydroxylation is 1. The van der Waals surface area contributed by atoms with Crippen LogP contribution in [0.2, 0.25) is 0 Å². The highest BCUT2D eigenvalue weighted by Crippen LogP contribution is 2.42. The van der Waals surface area contributed by atoms with Gasteiger partial charge in [0.15, 0.2) is 5.82 Å². The molecule has 5 heteroatoms. The summed E-state index contributed by atoms with van der Waals surface area (Å²) >= 11 is 0. The summed E-state index contributed by atoms with van der Waals surface area (Å²) in [5.74, 6) is 1.33. The number of nitrogens with one attached hydrogen (secondary N) is 1. The predicted molar refractivity (Wildman–Crippen MR) is 63.5 cm³/mol. The smallest absolute Gasteiger partial charge is 0.223 e. The summed E-state index contributed by atoms with van der Waals surface area (Å²) in [7, 11) is 0. The molecular formula is C12H21N3O2. The summed E-state index contributed by atoms with van der Waals surface area (Å²) in [6.45, 7) is 9.74. The van der Waals surface area contributed by atoms with E-state index < -0.39 is 0 Å². The molecule has 1 N–H and O–H groups in total. The van der Waals surface area contributed by atoms with Crippen molar-refractivity contribution < 1.29 is 9.26 Å². The van der Waals surface area contributed by atoms with Gasteiger partial charge >= 0.3 is 0 Å². The van der Waals surface area contributed by atoms with Crippen LogP contribution in [0.1, 0.15) is 38.9 Å². The van der Waals surface area contributed by atoms with E-state index in [0.29, 0.717) is 24.6 Å². The molecule has 2 unspecified atom stereocenters. The lowest BCUT2D eigenvalue weighted by Gasteiger charge is -2.51. The monoisotopic (exact) mass is 239 g/mol. The van der Waals surface area contributed by atoms with E-state index in [1.165, 1.54) is 0 Å². The standard InChI is InChI=1S/C12H21N3O2/c1-5-16-10-6-9(12(10,3)4)13-7-11-14-8(2)17-15-11/h9-10,13H,5-7H2,1-4H3. The number of aromatic nitrogens is 2. The molecule has 1 fully saturated rings. The predicted octanol–water partition coefficient (Wildman–Crippen LogP) is 1.67. The topological polar surface area (TPSA) is 60.2 Å². The van der Waals surface area contributed by atoms with E-state index in [9.17, 15) is 0 Å². The van der Waals surface area contributed by atoms with Gasteiger partial charge in [0.2, 0.25) is 5.89 Å². The first-order valence-electron chi connectivity index (χ1n) is 6.18. The van der Waals surface area contributed by atoms with E-state index in [1.807, 2.05) is 6.92 Å². The van der Waals surface area contributed by atoms with E-state index >= 15 is 0 Å². The Labute approximate surface area is 102 Å². The van der Waals surface area contributed by atoms with Crippen molar-refractivity contribution >= 4 is 0 Å². The molecule has 0 aliphatic heterocycles. The molecular weight excluding hydrogens is 218 g/mol. The second kappa shape index (κ2) is 4.74. The van der Waals surface area contributed by atoms with Crippen molar-refractivity contribution in [3.63, 3.8) is 0 Å². The highest BCUT2D eigenvalue weighted by molar-refractivity contribution is 5.03. The van der Waals surface area contributed by atoms with Gasteiger partial charge in [0.1, 0.15) is 0 Å².